The van der Waals surface area contributed by atoms with Crippen LogP contribution in [0.15, 0.2) is 42.0 Å². The number of aromatic nitrogens is 2. The van der Waals surface area contributed by atoms with E-state index in [4.69, 9.17) is 4.74 Å². The van der Waals surface area contributed by atoms with E-state index < -0.39 is 0 Å². The number of nitrogens with zero attached hydrogens (tertiary/aromatic N) is 2. The number of ketones is 1. The Kier molecular flexibility index (Phi) is 6.24. The summed E-state index contributed by atoms with van der Waals surface area (Å²) in [7, 11) is 0. The number of esters is 1. The lowest BCUT2D eigenvalue weighted by atomic mass is 9.47. The number of hydrogen-bond acceptors (Lipinski definition) is 4. The summed E-state index contributed by atoms with van der Waals surface area (Å²) in [5.74, 6) is 2.31. The van der Waals surface area contributed by atoms with Gasteiger partial charge in [0.2, 0.25) is 0 Å². The molecular weight excluding hydrogens is 448 g/mol. The zero-order chi connectivity index (χ0) is 24.9. The van der Waals surface area contributed by atoms with Crippen molar-refractivity contribution < 1.29 is 14.3 Å². The summed E-state index contributed by atoms with van der Waals surface area (Å²) in [4.78, 5) is 30.2. The van der Waals surface area contributed by atoms with Crippen LogP contribution in [0, 0.1) is 34.5 Å². The second-order valence-corrected chi connectivity index (χ2v) is 12.9. The Morgan fingerprint density at radius 1 is 1.00 bits per heavy atom. The molecule has 6 rings (SSSR count). The van der Waals surface area contributed by atoms with Gasteiger partial charge in [-0.25, -0.2) is 4.98 Å². The Morgan fingerprint density at radius 2 is 1.81 bits per heavy atom. The van der Waals surface area contributed by atoms with Crippen molar-refractivity contribution in [2.45, 2.75) is 104 Å². The molecule has 1 aromatic rings. The van der Waals surface area contributed by atoms with Gasteiger partial charge in [-0.05, 0) is 85.5 Å². The van der Waals surface area contributed by atoms with Crippen LogP contribution in [0.1, 0.15) is 90.9 Å². The number of Topliss-reactive ketones (excluding diaryl/α,β-unsaturated/α-hetero) is 1. The van der Waals surface area contributed by atoms with Crippen LogP contribution in [0.5, 0.6) is 0 Å². The van der Waals surface area contributed by atoms with Crippen LogP contribution in [0.2, 0.25) is 0 Å². The van der Waals surface area contributed by atoms with Crippen molar-refractivity contribution in [2.75, 3.05) is 0 Å². The van der Waals surface area contributed by atoms with Crippen LogP contribution in [0.3, 0.4) is 0 Å². The number of rotatable bonds is 5. The molecule has 0 aliphatic heterocycles. The molecule has 5 aliphatic rings. The molecule has 0 bridgehead atoms. The van der Waals surface area contributed by atoms with E-state index in [-0.39, 0.29) is 34.6 Å². The molecule has 0 unspecified atom stereocenters. The van der Waals surface area contributed by atoms with E-state index in [0.717, 1.165) is 56.9 Å². The standard InChI is InChI=1S/C31H42N2O3/c1-30-14-12-23(36-29(35)21-6-4-3-5-7-21)18-22(30)8-9-24-25-10-11-27(31(25,2)15-13-26(24)30)28(34)19-33-17-16-32-20-33/h8,11,16-17,20-21,23-26H,3-7,9-10,12-15,18-19H2,1-2H3/t23-,24-,25-,26-,30-,31-/m0/s1. The maximum Gasteiger partial charge on any atom is 0.309 e. The Morgan fingerprint density at radius 3 is 2.58 bits per heavy atom. The summed E-state index contributed by atoms with van der Waals surface area (Å²) < 4.78 is 7.99. The van der Waals surface area contributed by atoms with E-state index in [1.165, 1.54) is 25.7 Å². The smallest absolute Gasteiger partial charge is 0.309 e. The van der Waals surface area contributed by atoms with Crippen molar-refractivity contribution in [3.63, 3.8) is 0 Å². The Balaban J connectivity index is 1.14. The van der Waals surface area contributed by atoms with Crippen LogP contribution in [-0.4, -0.2) is 27.4 Å². The largest absolute Gasteiger partial charge is 0.462 e. The van der Waals surface area contributed by atoms with Gasteiger partial charge in [0, 0.05) is 18.8 Å². The summed E-state index contributed by atoms with van der Waals surface area (Å²) >= 11 is 0. The molecular formula is C31H42N2O3. The van der Waals surface area contributed by atoms with Gasteiger partial charge in [-0.2, -0.15) is 0 Å². The van der Waals surface area contributed by atoms with Crippen LogP contribution < -0.4 is 0 Å². The monoisotopic (exact) mass is 490 g/mol. The zero-order valence-electron chi connectivity index (χ0n) is 22.1. The molecule has 0 radical (unpaired) electrons. The molecule has 6 atom stereocenters. The first kappa shape index (κ1) is 24.2. The van der Waals surface area contributed by atoms with Gasteiger partial charge in [0.15, 0.2) is 5.78 Å². The van der Waals surface area contributed by atoms with Gasteiger partial charge >= 0.3 is 5.97 Å². The SMILES string of the molecule is C[C@]12CC[C@H](OC(=O)C3CCCCC3)CC1=CC[C@@H]1[C@@H]2CC[C@]2(C)C(C(=O)Cn3ccnc3)=CC[C@@H]12. The first-order valence-corrected chi connectivity index (χ1v) is 14.5. The second kappa shape index (κ2) is 9.29. The molecule has 0 N–H and O–H groups in total. The molecule has 0 saturated heterocycles. The number of carbonyl (C=O) groups excluding carboxylic acids is 2. The van der Waals surface area contributed by atoms with Gasteiger partial charge in [-0.3, -0.25) is 9.59 Å². The number of ether oxygens (including phenoxy) is 1. The van der Waals surface area contributed by atoms with Crippen molar-refractivity contribution in [3.05, 3.63) is 42.0 Å². The van der Waals surface area contributed by atoms with Gasteiger partial charge in [-0.15, -0.1) is 0 Å². The van der Waals surface area contributed by atoms with E-state index in [1.807, 2.05) is 10.8 Å². The van der Waals surface area contributed by atoms with Crippen LogP contribution in [0.25, 0.3) is 0 Å². The molecule has 5 heteroatoms. The normalized spacial score (nSPS) is 38.3. The van der Waals surface area contributed by atoms with Crippen molar-refractivity contribution >= 4 is 11.8 Å². The van der Waals surface area contributed by atoms with Gasteiger partial charge in [0.25, 0.3) is 0 Å². The van der Waals surface area contributed by atoms with Crippen molar-refractivity contribution in [1.29, 1.82) is 0 Å². The molecule has 1 heterocycles. The molecule has 0 aromatic carbocycles. The van der Waals surface area contributed by atoms with E-state index in [1.54, 1.807) is 18.1 Å². The third kappa shape index (κ3) is 4.01. The number of carbonyl (C=O) groups is 2. The first-order chi connectivity index (χ1) is 17.4. The van der Waals surface area contributed by atoms with Crippen LogP contribution in [0.4, 0.5) is 0 Å². The second-order valence-electron chi connectivity index (χ2n) is 12.9. The lowest BCUT2D eigenvalue weighted by molar-refractivity contribution is -0.157. The molecule has 0 amide bonds. The average molecular weight is 491 g/mol. The van der Waals surface area contributed by atoms with Crippen LogP contribution in [-0.2, 0) is 20.9 Å². The van der Waals surface area contributed by atoms with Gasteiger partial charge in [-0.1, -0.05) is 50.8 Å². The van der Waals surface area contributed by atoms with E-state index in [9.17, 15) is 9.59 Å². The number of hydrogen-bond donors (Lipinski definition) is 0. The Hall–Kier alpha value is -2.17. The van der Waals surface area contributed by atoms with Crippen molar-refractivity contribution in [3.8, 4) is 0 Å². The fraction of sp³-hybridized carbons (Fsp3) is 0.710. The minimum absolute atomic E-state index is 0.00668. The molecule has 3 saturated carbocycles. The van der Waals surface area contributed by atoms with Crippen molar-refractivity contribution in [2.24, 2.45) is 34.5 Å². The quantitative estimate of drug-likeness (QED) is 0.352. The Labute approximate surface area is 215 Å². The molecule has 1 aromatic heterocycles. The molecule has 0 spiro atoms. The van der Waals surface area contributed by atoms with E-state index >= 15 is 0 Å². The molecule has 194 valence electrons. The lowest BCUT2D eigenvalue weighted by Gasteiger charge is -2.57. The fourth-order valence-corrected chi connectivity index (χ4v) is 8.96. The molecule has 5 nitrogen and oxygen atoms in total. The maximum absolute atomic E-state index is 13.3. The average Bonchev–Trinajstić information content (AvgIpc) is 3.52. The number of imidazole rings is 1. The predicted molar refractivity (Wildman–Crippen MR) is 139 cm³/mol. The molecule has 3 fully saturated rings. The minimum atomic E-state index is -0.00668. The minimum Gasteiger partial charge on any atom is -0.462 e. The van der Waals surface area contributed by atoms with Gasteiger partial charge < -0.3 is 9.30 Å². The highest BCUT2D eigenvalue weighted by atomic mass is 16.5. The summed E-state index contributed by atoms with van der Waals surface area (Å²) in [6.07, 6.45) is 23.3. The van der Waals surface area contributed by atoms with Gasteiger partial charge in [0.05, 0.1) is 18.8 Å². The summed E-state index contributed by atoms with van der Waals surface area (Å²) in [6.45, 7) is 5.25. The summed E-state index contributed by atoms with van der Waals surface area (Å²) in [6, 6.07) is 0. The zero-order valence-corrected chi connectivity index (χ0v) is 22.1. The topological polar surface area (TPSA) is 61.2 Å². The first-order valence-electron chi connectivity index (χ1n) is 14.5. The number of allylic oxidation sites excluding steroid dienone is 3. The lowest BCUT2D eigenvalue weighted by Crippen LogP contribution is -2.50. The van der Waals surface area contributed by atoms with E-state index in [0.29, 0.717) is 24.3 Å². The highest BCUT2D eigenvalue weighted by molar-refractivity contribution is 5.97. The predicted octanol–water partition coefficient (Wildman–Crippen LogP) is 6.44. The Bertz CT molecular complexity index is 1070. The maximum atomic E-state index is 13.3. The highest BCUT2D eigenvalue weighted by Crippen LogP contribution is 2.65. The summed E-state index contributed by atoms with van der Waals surface area (Å²) in [5, 5.41) is 0. The third-order valence-electron chi connectivity index (χ3n) is 11.0. The van der Waals surface area contributed by atoms with E-state index in [2.05, 4.69) is 31.0 Å². The summed E-state index contributed by atoms with van der Waals surface area (Å²) in [5.41, 5.74) is 2.81. The highest BCUT2D eigenvalue weighted by Gasteiger charge is 2.57. The van der Waals surface area contributed by atoms with Crippen LogP contribution >= 0.6 is 0 Å². The third-order valence-corrected chi connectivity index (χ3v) is 11.0. The molecule has 5 aliphatic carbocycles. The van der Waals surface area contributed by atoms with Gasteiger partial charge in [0.1, 0.15) is 6.10 Å². The molecule has 36 heavy (non-hydrogen) atoms. The fourth-order valence-electron chi connectivity index (χ4n) is 8.96. The number of fused-ring (bicyclic) bond motifs is 5. The van der Waals surface area contributed by atoms with Crippen molar-refractivity contribution in [1.82, 2.24) is 9.55 Å².